The van der Waals surface area contributed by atoms with Gasteiger partial charge in [0.15, 0.2) is 0 Å². The quantitative estimate of drug-likeness (QED) is 0.280. The summed E-state index contributed by atoms with van der Waals surface area (Å²) in [4.78, 5) is 0. The average Bonchev–Trinajstić information content (AvgIpc) is 1.38. The van der Waals surface area contributed by atoms with Crippen LogP contribution in [0, 0.1) is 0 Å². The molecule has 0 N–H and O–H groups in total. The Labute approximate surface area is 37.5 Å². The third kappa shape index (κ3) is 4.51. The Morgan fingerprint density at radius 1 is 2.00 bits per heavy atom. The maximum atomic E-state index is 9.77. The summed E-state index contributed by atoms with van der Waals surface area (Å²) < 4.78 is 9.77. The molecule has 1 nitrogen and oxygen atoms in total. The Kier molecular flexibility index (Phi) is 3.02. The molecule has 0 aromatic heterocycles. The predicted molar refractivity (Wildman–Crippen MR) is 28.2 cm³/mol. The fourth-order valence-electron chi connectivity index (χ4n) is 0. The molecule has 0 rings (SSSR count). The zero-order valence-electron chi connectivity index (χ0n) is 2.88. The molecule has 0 saturated carbocycles. The van der Waals surface area contributed by atoms with Crippen molar-refractivity contribution in [2.45, 2.75) is 6.82 Å². The molecule has 5 heavy (non-hydrogen) atoms. The zero-order chi connectivity index (χ0) is 4.28. The van der Waals surface area contributed by atoms with E-state index >= 15 is 0 Å². The first-order chi connectivity index (χ1) is 2.27. The standard InChI is InChI=1S/CH4BOPS/c1-2-4(3)5/h1H3,(H,3,5). The molecule has 0 fully saturated rings. The summed E-state index contributed by atoms with van der Waals surface area (Å²) in [6.07, 6.45) is 0. The van der Waals surface area contributed by atoms with Crippen LogP contribution in [-0.4, -0.2) is 6.62 Å². The second kappa shape index (κ2) is 2.74. The van der Waals surface area contributed by atoms with Crippen molar-refractivity contribution in [3.05, 3.63) is 0 Å². The molecule has 0 aliphatic carbocycles. The van der Waals surface area contributed by atoms with Crippen LogP contribution in [0.15, 0.2) is 0 Å². The van der Waals surface area contributed by atoms with E-state index in [1.165, 1.54) is 0 Å². The van der Waals surface area contributed by atoms with Crippen molar-refractivity contribution in [1.82, 2.24) is 0 Å². The number of hydrogen-bond donors (Lipinski definition) is 1. The molecular formula is CH4BOPS. The molecule has 0 saturated heterocycles. The molecule has 1 unspecified atom stereocenters. The van der Waals surface area contributed by atoms with Gasteiger partial charge in [-0.3, -0.25) is 0 Å². The molecule has 0 spiro atoms. The number of hydrogen-bond acceptors (Lipinski definition) is 1. The molecular weight excluding hydrogens is 102 g/mol. The normalized spacial score (nSPS) is 10.4. The van der Waals surface area contributed by atoms with Crippen LogP contribution in [0.1, 0.15) is 0 Å². The van der Waals surface area contributed by atoms with E-state index in [1.54, 1.807) is 13.4 Å². The predicted octanol–water partition coefficient (Wildman–Crippen LogP) is 1.33. The van der Waals surface area contributed by atoms with Gasteiger partial charge < -0.3 is 0 Å². The van der Waals surface area contributed by atoms with Gasteiger partial charge in [-0.2, -0.15) is 0 Å². The Balaban J connectivity index is 3.62. The molecule has 0 aliphatic rings. The van der Waals surface area contributed by atoms with Gasteiger partial charge in [0, 0.05) is 0 Å². The van der Waals surface area contributed by atoms with E-state index in [0.29, 0.717) is 0 Å². The molecule has 0 aromatic carbocycles. The molecule has 0 bridgehead atoms. The monoisotopic (exact) mass is 106 g/mol. The third-order valence-electron chi connectivity index (χ3n) is 0.221. The topological polar surface area (TPSA) is 17.1 Å². The fourth-order valence-corrected chi connectivity index (χ4v) is 0. The van der Waals surface area contributed by atoms with Crippen LogP contribution in [0.2, 0.25) is 6.82 Å². The van der Waals surface area contributed by atoms with E-state index in [-0.39, 0.29) is 0 Å². The van der Waals surface area contributed by atoms with Crippen molar-refractivity contribution in [2.75, 3.05) is 0 Å². The molecule has 1 atom stereocenters. The minimum absolute atomic E-state index is 1.28. The molecule has 0 aliphatic heterocycles. The van der Waals surface area contributed by atoms with Crippen molar-refractivity contribution < 1.29 is 4.57 Å². The summed E-state index contributed by atoms with van der Waals surface area (Å²) in [7, 11) is 0. The number of thiol groups is 1. The second-order valence-corrected chi connectivity index (χ2v) is 2.86. The Morgan fingerprint density at radius 2 is 2.20 bits per heavy atom. The Bertz CT molecular complexity index is 83.6. The van der Waals surface area contributed by atoms with Gasteiger partial charge in [-0.05, 0) is 0 Å². The molecule has 0 amide bonds. The van der Waals surface area contributed by atoms with Crippen molar-refractivity contribution in [1.29, 1.82) is 0 Å². The molecule has 0 aromatic rings. The first-order valence-corrected chi connectivity index (χ1v) is 3.70. The van der Waals surface area contributed by atoms with Crippen LogP contribution in [0.3, 0.4) is 0 Å². The summed E-state index contributed by atoms with van der Waals surface area (Å²) >= 11 is 3.55. The maximum absolute atomic E-state index is 9.77. The molecule has 0 radical (unpaired) electrons. The van der Waals surface area contributed by atoms with Gasteiger partial charge in [0.05, 0.1) is 0 Å². The molecule has 4 heteroatoms. The van der Waals surface area contributed by atoms with Crippen molar-refractivity contribution in [3.63, 3.8) is 0 Å². The fraction of sp³-hybridized carbons (Fsp3) is 1.00. The summed E-state index contributed by atoms with van der Waals surface area (Å²) in [5, 5.41) is 0. The molecule has 0 heterocycles. The SMILES string of the molecule is CB=P(=O)S. The first-order valence-electron chi connectivity index (χ1n) is 1.22. The first kappa shape index (κ1) is 5.51. The van der Waals surface area contributed by atoms with E-state index in [2.05, 4.69) is 12.2 Å². The van der Waals surface area contributed by atoms with E-state index < -0.39 is 6.49 Å². The zero-order valence-corrected chi connectivity index (χ0v) is 4.67. The van der Waals surface area contributed by atoms with E-state index in [0.717, 1.165) is 0 Å². The van der Waals surface area contributed by atoms with Crippen LogP contribution < -0.4 is 0 Å². The summed E-state index contributed by atoms with van der Waals surface area (Å²) in [5.41, 5.74) is 0. The van der Waals surface area contributed by atoms with Gasteiger partial charge in [0.1, 0.15) is 0 Å². The minimum atomic E-state index is -1.28. The van der Waals surface area contributed by atoms with Crippen LogP contribution in [0.25, 0.3) is 0 Å². The Morgan fingerprint density at radius 3 is 2.20 bits per heavy atom. The third-order valence-corrected chi connectivity index (χ3v) is 1.36. The Hall–Kier alpha value is 0.515. The summed E-state index contributed by atoms with van der Waals surface area (Å²) in [6.45, 7) is 1.98. The summed E-state index contributed by atoms with van der Waals surface area (Å²) in [5.74, 6) is 0. The van der Waals surface area contributed by atoms with Crippen LogP contribution >= 0.6 is 18.7 Å². The van der Waals surface area contributed by atoms with Crippen LogP contribution in [0.4, 0.5) is 0 Å². The summed E-state index contributed by atoms with van der Waals surface area (Å²) in [6, 6.07) is 0. The number of rotatable bonds is 0. The van der Waals surface area contributed by atoms with Gasteiger partial charge in [-0.1, -0.05) is 0 Å². The van der Waals surface area contributed by atoms with Crippen molar-refractivity contribution in [3.8, 4) is 0 Å². The van der Waals surface area contributed by atoms with Crippen molar-refractivity contribution >= 4 is 25.4 Å². The van der Waals surface area contributed by atoms with E-state index in [1.807, 2.05) is 0 Å². The van der Waals surface area contributed by atoms with Crippen molar-refractivity contribution in [2.24, 2.45) is 0 Å². The van der Waals surface area contributed by atoms with Gasteiger partial charge >= 0.3 is 36.7 Å². The van der Waals surface area contributed by atoms with Gasteiger partial charge in [0.25, 0.3) is 0 Å². The average molecular weight is 106 g/mol. The van der Waals surface area contributed by atoms with Crippen LogP contribution in [0.5, 0.6) is 0 Å². The van der Waals surface area contributed by atoms with Gasteiger partial charge in [-0.25, -0.2) is 0 Å². The van der Waals surface area contributed by atoms with Crippen LogP contribution in [-0.2, 0) is 4.57 Å². The van der Waals surface area contributed by atoms with E-state index in [9.17, 15) is 4.57 Å². The van der Waals surface area contributed by atoms with E-state index in [4.69, 9.17) is 0 Å². The van der Waals surface area contributed by atoms with Gasteiger partial charge in [-0.15, -0.1) is 0 Å². The second-order valence-electron chi connectivity index (χ2n) is 0.561. The molecule has 28 valence electrons. The van der Waals surface area contributed by atoms with Gasteiger partial charge in [0.2, 0.25) is 0 Å².